The van der Waals surface area contributed by atoms with Gasteiger partial charge in [-0.2, -0.15) is 0 Å². The van der Waals surface area contributed by atoms with Crippen LogP contribution in [0.3, 0.4) is 0 Å². The Balaban J connectivity index is 0.00000180. The highest BCUT2D eigenvalue weighted by atomic mass is 35.5. The molecule has 0 aliphatic heterocycles. The first-order chi connectivity index (χ1) is 8.72. The van der Waals surface area contributed by atoms with Crippen molar-refractivity contribution < 1.29 is 13.6 Å². The number of nitrogens with zero attached hydrogens (tertiary/aromatic N) is 1. The van der Waals surface area contributed by atoms with Gasteiger partial charge in [0, 0.05) is 18.7 Å². The van der Waals surface area contributed by atoms with Gasteiger partial charge < -0.3 is 15.5 Å². The molecule has 0 atom stereocenters. The lowest BCUT2D eigenvalue weighted by Gasteiger charge is -2.02. The smallest absolute Gasteiger partial charge is 0.273 e. The summed E-state index contributed by atoms with van der Waals surface area (Å²) in [4.78, 5) is 15.6. The highest BCUT2D eigenvalue weighted by molar-refractivity contribution is 5.97. The number of amides is 1. The van der Waals surface area contributed by atoms with Crippen LogP contribution in [0.4, 0.5) is 4.39 Å². The zero-order valence-electron chi connectivity index (χ0n) is 9.93. The SMILES string of the molecule is Cl.NCCNC(=O)c1ncoc1-c1cccc(F)c1. The molecule has 1 aromatic heterocycles. The Labute approximate surface area is 115 Å². The maximum absolute atomic E-state index is 13.1. The largest absolute Gasteiger partial charge is 0.443 e. The molecule has 1 aromatic carbocycles. The molecule has 2 rings (SSSR count). The number of hydrogen-bond acceptors (Lipinski definition) is 4. The van der Waals surface area contributed by atoms with Crippen LogP contribution in [0.15, 0.2) is 35.1 Å². The van der Waals surface area contributed by atoms with E-state index in [1.54, 1.807) is 6.07 Å². The molecule has 2 aromatic rings. The molecule has 0 aliphatic rings. The summed E-state index contributed by atoms with van der Waals surface area (Å²) < 4.78 is 18.3. The van der Waals surface area contributed by atoms with Gasteiger partial charge in [0.25, 0.3) is 5.91 Å². The van der Waals surface area contributed by atoms with Crippen LogP contribution >= 0.6 is 12.4 Å². The fourth-order valence-electron chi connectivity index (χ4n) is 1.51. The Morgan fingerprint density at radius 3 is 2.95 bits per heavy atom. The van der Waals surface area contributed by atoms with Crippen molar-refractivity contribution in [2.24, 2.45) is 5.73 Å². The normalized spacial score (nSPS) is 9.79. The first-order valence-corrected chi connectivity index (χ1v) is 5.40. The van der Waals surface area contributed by atoms with E-state index in [4.69, 9.17) is 10.2 Å². The van der Waals surface area contributed by atoms with E-state index < -0.39 is 11.7 Å². The van der Waals surface area contributed by atoms with Gasteiger partial charge in [0.1, 0.15) is 5.82 Å². The first-order valence-electron chi connectivity index (χ1n) is 5.40. The van der Waals surface area contributed by atoms with Gasteiger partial charge >= 0.3 is 0 Å². The second-order valence-electron chi connectivity index (χ2n) is 3.59. The quantitative estimate of drug-likeness (QED) is 0.894. The van der Waals surface area contributed by atoms with E-state index in [1.807, 2.05) is 0 Å². The minimum Gasteiger partial charge on any atom is -0.443 e. The zero-order chi connectivity index (χ0) is 13.0. The van der Waals surface area contributed by atoms with E-state index in [2.05, 4.69) is 10.3 Å². The number of carbonyl (C=O) groups is 1. The Hall–Kier alpha value is -1.92. The Kier molecular flexibility index (Phi) is 5.47. The number of rotatable bonds is 4. The standard InChI is InChI=1S/C12H12FN3O2.ClH/c13-9-3-1-2-8(6-9)11-10(16-7-18-11)12(17)15-5-4-14;/h1-3,6-7H,4-5,14H2,(H,15,17);1H. The van der Waals surface area contributed by atoms with Crippen LogP contribution in [-0.2, 0) is 0 Å². The summed E-state index contributed by atoms with van der Waals surface area (Å²) in [6, 6.07) is 5.77. The number of halogens is 2. The van der Waals surface area contributed by atoms with Crippen LogP contribution in [0, 0.1) is 5.82 Å². The van der Waals surface area contributed by atoms with Gasteiger partial charge in [0.15, 0.2) is 17.8 Å². The molecule has 0 aliphatic carbocycles. The second kappa shape index (κ2) is 6.86. The van der Waals surface area contributed by atoms with Gasteiger partial charge in [-0.3, -0.25) is 4.79 Å². The minimum absolute atomic E-state index is 0. The van der Waals surface area contributed by atoms with Crippen molar-refractivity contribution in [2.75, 3.05) is 13.1 Å². The highest BCUT2D eigenvalue weighted by Crippen LogP contribution is 2.23. The van der Waals surface area contributed by atoms with Crippen molar-refractivity contribution in [3.63, 3.8) is 0 Å². The monoisotopic (exact) mass is 285 g/mol. The maximum atomic E-state index is 13.1. The van der Waals surface area contributed by atoms with E-state index in [-0.39, 0.29) is 23.9 Å². The van der Waals surface area contributed by atoms with Crippen molar-refractivity contribution in [3.8, 4) is 11.3 Å². The number of oxazole rings is 1. The Morgan fingerprint density at radius 2 is 2.26 bits per heavy atom. The van der Waals surface area contributed by atoms with Crippen molar-refractivity contribution >= 4 is 18.3 Å². The number of benzene rings is 1. The van der Waals surface area contributed by atoms with Crippen molar-refractivity contribution in [2.45, 2.75) is 0 Å². The number of aromatic nitrogens is 1. The highest BCUT2D eigenvalue weighted by Gasteiger charge is 2.17. The molecule has 19 heavy (non-hydrogen) atoms. The van der Waals surface area contributed by atoms with Crippen LogP contribution in [0.25, 0.3) is 11.3 Å². The van der Waals surface area contributed by atoms with Gasteiger partial charge in [-0.15, -0.1) is 12.4 Å². The molecule has 0 saturated carbocycles. The van der Waals surface area contributed by atoms with E-state index in [9.17, 15) is 9.18 Å². The summed E-state index contributed by atoms with van der Waals surface area (Å²) in [6.45, 7) is 0.674. The van der Waals surface area contributed by atoms with Gasteiger partial charge in [-0.1, -0.05) is 12.1 Å². The van der Waals surface area contributed by atoms with Crippen LogP contribution in [0.2, 0.25) is 0 Å². The molecular formula is C12H13ClFN3O2. The predicted molar refractivity (Wildman–Crippen MR) is 70.5 cm³/mol. The summed E-state index contributed by atoms with van der Waals surface area (Å²) in [5.74, 6) is -0.560. The molecule has 7 heteroatoms. The third kappa shape index (κ3) is 3.52. The van der Waals surface area contributed by atoms with Gasteiger partial charge in [0.2, 0.25) is 0 Å². The summed E-state index contributed by atoms with van der Waals surface area (Å²) in [7, 11) is 0. The molecule has 0 spiro atoms. The Morgan fingerprint density at radius 1 is 1.47 bits per heavy atom. The van der Waals surface area contributed by atoms with E-state index in [1.165, 1.54) is 18.2 Å². The van der Waals surface area contributed by atoms with Crippen molar-refractivity contribution in [1.82, 2.24) is 10.3 Å². The molecule has 0 radical (unpaired) electrons. The molecule has 102 valence electrons. The molecule has 5 nitrogen and oxygen atoms in total. The topological polar surface area (TPSA) is 81.1 Å². The van der Waals surface area contributed by atoms with Crippen LogP contribution < -0.4 is 11.1 Å². The third-order valence-corrected chi connectivity index (χ3v) is 2.30. The lowest BCUT2D eigenvalue weighted by Crippen LogP contribution is -2.29. The molecule has 3 N–H and O–H groups in total. The number of carbonyl (C=O) groups excluding carboxylic acids is 1. The van der Waals surface area contributed by atoms with Crippen LogP contribution in [0.5, 0.6) is 0 Å². The number of nitrogens with one attached hydrogen (secondary N) is 1. The molecule has 0 bridgehead atoms. The molecule has 0 saturated heterocycles. The molecule has 1 heterocycles. The lowest BCUT2D eigenvalue weighted by atomic mass is 10.1. The average Bonchev–Trinajstić information content (AvgIpc) is 2.85. The van der Waals surface area contributed by atoms with Crippen LogP contribution in [0.1, 0.15) is 10.5 Å². The Bertz CT molecular complexity index is 559. The van der Waals surface area contributed by atoms with Gasteiger partial charge in [0.05, 0.1) is 0 Å². The average molecular weight is 286 g/mol. The molecular weight excluding hydrogens is 273 g/mol. The lowest BCUT2D eigenvalue weighted by molar-refractivity contribution is 0.0950. The first kappa shape index (κ1) is 15.1. The summed E-state index contributed by atoms with van der Waals surface area (Å²) in [6.07, 6.45) is 1.15. The minimum atomic E-state index is -0.405. The van der Waals surface area contributed by atoms with E-state index >= 15 is 0 Å². The van der Waals surface area contributed by atoms with E-state index in [0.29, 0.717) is 18.7 Å². The fraction of sp³-hybridized carbons (Fsp3) is 0.167. The molecule has 0 unspecified atom stereocenters. The van der Waals surface area contributed by atoms with Crippen molar-refractivity contribution in [3.05, 3.63) is 42.2 Å². The third-order valence-electron chi connectivity index (χ3n) is 2.30. The number of hydrogen-bond donors (Lipinski definition) is 2. The number of nitrogens with two attached hydrogens (primary N) is 1. The molecule has 0 fully saturated rings. The second-order valence-corrected chi connectivity index (χ2v) is 3.59. The van der Waals surface area contributed by atoms with Crippen LogP contribution in [-0.4, -0.2) is 24.0 Å². The zero-order valence-corrected chi connectivity index (χ0v) is 10.7. The fourth-order valence-corrected chi connectivity index (χ4v) is 1.51. The predicted octanol–water partition coefficient (Wildman–Crippen LogP) is 1.59. The van der Waals surface area contributed by atoms with Crippen molar-refractivity contribution in [1.29, 1.82) is 0 Å². The van der Waals surface area contributed by atoms with E-state index in [0.717, 1.165) is 6.39 Å². The summed E-state index contributed by atoms with van der Waals surface area (Å²) in [5, 5.41) is 2.58. The summed E-state index contributed by atoms with van der Waals surface area (Å²) >= 11 is 0. The van der Waals surface area contributed by atoms with Gasteiger partial charge in [-0.05, 0) is 12.1 Å². The van der Waals surface area contributed by atoms with Gasteiger partial charge in [-0.25, -0.2) is 9.37 Å². The maximum Gasteiger partial charge on any atom is 0.273 e. The molecule has 1 amide bonds. The summed E-state index contributed by atoms with van der Waals surface area (Å²) in [5.41, 5.74) is 5.87.